The van der Waals surface area contributed by atoms with E-state index < -0.39 is 9.84 Å². The number of imidazole rings is 1. The zero-order valence-electron chi connectivity index (χ0n) is 11.0. The van der Waals surface area contributed by atoms with Gasteiger partial charge in [0.25, 0.3) is 0 Å². The van der Waals surface area contributed by atoms with E-state index in [2.05, 4.69) is 4.98 Å². The fourth-order valence-corrected chi connectivity index (χ4v) is 4.61. The van der Waals surface area contributed by atoms with Crippen LogP contribution < -0.4 is 0 Å². The minimum absolute atomic E-state index is 0.144. The number of rotatable bonds is 3. The minimum Gasteiger partial charge on any atom is -0.304 e. The summed E-state index contributed by atoms with van der Waals surface area (Å²) in [5.74, 6) is 1.58. The topological polar surface area (TPSA) is 68.5 Å². The van der Waals surface area contributed by atoms with E-state index in [0.29, 0.717) is 17.7 Å². The molecule has 1 aliphatic rings. The molecule has 0 radical (unpaired) electrons. The summed E-state index contributed by atoms with van der Waals surface area (Å²) in [6, 6.07) is 3.52. The van der Waals surface area contributed by atoms with Crippen molar-refractivity contribution in [3.05, 3.63) is 35.9 Å². The Hall–Kier alpha value is -1.69. The van der Waals surface area contributed by atoms with Crippen molar-refractivity contribution >= 4 is 21.6 Å². The second-order valence-electron chi connectivity index (χ2n) is 5.37. The molecule has 0 amide bonds. The molecule has 1 aliphatic heterocycles. The number of fused-ring (bicyclic) bond motifs is 1. The van der Waals surface area contributed by atoms with Crippen LogP contribution in [0, 0.1) is 5.92 Å². The lowest BCUT2D eigenvalue weighted by Gasteiger charge is -2.21. The van der Waals surface area contributed by atoms with Crippen LogP contribution in [-0.2, 0) is 16.3 Å². The van der Waals surface area contributed by atoms with E-state index >= 15 is 0 Å². The van der Waals surface area contributed by atoms with Gasteiger partial charge in [0.05, 0.1) is 23.2 Å². The highest BCUT2D eigenvalue weighted by molar-refractivity contribution is 7.91. The van der Waals surface area contributed by atoms with E-state index in [1.165, 1.54) is 0 Å². The van der Waals surface area contributed by atoms with Crippen LogP contribution in [0.15, 0.2) is 24.5 Å². The van der Waals surface area contributed by atoms with Crippen molar-refractivity contribution in [3.8, 4) is 0 Å². The van der Waals surface area contributed by atoms with Crippen LogP contribution in [0.4, 0.5) is 0 Å². The van der Waals surface area contributed by atoms with Gasteiger partial charge in [-0.05, 0) is 30.9 Å². The van der Waals surface area contributed by atoms with Gasteiger partial charge in [-0.3, -0.25) is 4.79 Å². The monoisotopic (exact) mass is 292 g/mol. The van der Waals surface area contributed by atoms with E-state index in [1.54, 1.807) is 18.3 Å². The van der Waals surface area contributed by atoms with Gasteiger partial charge >= 0.3 is 0 Å². The van der Waals surface area contributed by atoms with Crippen LogP contribution in [0.5, 0.6) is 0 Å². The van der Waals surface area contributed by atoms with Crippen LogP contribution >= 0.6 is 0 Å². The predicted molar refractivity (Wildman–Crippen MR) is 75.7 cm³/mol. The number of sulfone groups is 1. The maximum absolute atomic E-state index is 11.7. The molecule has 2 aromatic rings. The first-order valence-electron chi connectivity index (χ1n) is 6.69. The number of pyridine rings is 1. The number of hydrogen-bond acceptors (Lipinski definition) is 4. The Morgan fingerprint density at radius 3 is 3.05 bits per heavy atom. The zero-order chi connectivity index (χ0) is 14.2. The molecule has 0 N–H and O–H groups in total. The summed E-state index contributed by atoms with van der Waals surface area (Å²) in [6.07, 6.45) is 6.68. The highest BCUT2D eigenvalue weighted by atomic mass is 32.2. The quantitative estimate of drug-likeness (QED) is 0.804. The fourth-order valence-electron chi connectivity index (χ4n) is 2.83. The van der Waals surface area contributed by atoms with E-state index in [1.807, 2.05) is 10.6 Å². The van der Waals surface area contributed by atoms with Crippen molar-refractivity contribution in [2.45, 2.75) is 19.3 Å². The Balaban J connectivity index is 1.86. The Morgan fingerprint density at radius 2 is 2.30 bits per heavy atom. The molecule has 0 aromatic carbocycles. The SMILES string of the molecule is O=Cc1ccn2c(CC3CCCS(=O)(=O)C3)ncc2c1. The summed E-state index contributed by atoms with van der Waals surface area (Å²) in [5.41, 5.74) is 1.48. The molecule has 0 spiro atoms. The number of hydrogen-bond donors (Lipinski definition) is 0. The molecule has 1 unspecified atom stereocenters. The number of aromatic nitrogens is 2. The molecule has 0 saturated carbocycles. The molecule has 0 aliphatic carbocycles. The molecule has 5 nitrogen and oxygen atoms in total. The van der Waals surface area contributed by atoms with Gasteiger partial charge < -0.3 is 4.40 Å². The standard InChI is InChI=1S/C14H16N2O3S/c17-9-11-3-4-16-13(6-11)8-15-14(16)7-12-2-1-5-20(18,19)10-12/h3-4,6,8-9,12H,1-2,5,7,10H2. The highest BCUT2D eigenvalue weighted by Gasteiger charge is 2.25. The molecule has 1 saturated heterocycles. The van der Waals surface area contributed by atoms with Gasteiger partial charge in [0, 0.05) is 18.2 Å². The van der Waals surface area contributed by atoms with Crippen LogP contribution in [0.2, 0.25) is 0 Å². The van der Waals surface area contributed by atoms with Crippen LogP contribution in [0.1, 0.15) is 29.0 Å². The third kappa shape index (κ3) is 2.60. The smallest absolute Gasteiger partial charge is 0.150 e. The average Bonchev–Trinajstić information content (AvgIpc) is 2.80. The number of carbonyl (C=O) groups is 1. The summed E-state index contributed by atoms with van der Waals surface area (Å²) >= 11 is 0. The Kier molecular flexibility index (Phi) is 3.33. The summed E-state index contributed by atoms with van der Waals surface area (Å²) in [7, 11) is -2.88. The molecule has 0 bridgehead atoms. The van der Waals surface area contributed by atoms with Crippen molar-refractivity contribution in [1.29, 1.82) is 0 Å². The van der Waals surface area contributed by atoms with Gasteiger partial charge in [-0.1, -0.05) is 0 Å². The number of aldehydes is 1. The van der Waals surface area contributed by atoms with Crippen LogP contribution in [-0.4, -0.2) is 35.6 Å². The number of nitrogens with zero attached hydrogens (tertiary/aromatic N) is 2. The molecule has 20 heavy (non-hydrogen) atoms. The van der Waals surface area contributed by atoms with E-state index in [0.717, 1.165) is 30.5 Å². The van der Waals surface area contributed by atoms with Gasteiger partial charge in [-0.2, -0.15) is 0 Å². The zero-order valence-corrected chi connectivity index (χ0v) is 11.8. The van der Waals surface area contributed by atoms with Gasteiger partial charge in [-0.25, -0.2) is 13.4 Å². The van der Waals surface area contributed by atoms with Crippen LogP contribution in [0.3, 0.4) is 0 Å². The summed E-state index contributed by atoms with van der Waals surface area (Å²) < 4.78 is 25.3. The lowest BCUT2D eigenvalue weighted by Crippen LogP contribution is -2.27. The van der Waals surface area contributed by atoms with E-state index in [-0.39, 0.29) is 11.7 Å². The molecule has 2 aromatic heterocycles. The van der Waals surface area contributed by atoms with Gasteiger partial charge in [0.1, 0.15) is 12.1 Å². The molecule has 3 heterocycles. The lowest BCUT2D eigenvalue weighted by molar-refractivity contribution is 0.112. The molecule has 1 fully saturated rings. The fraction of sp³-hybridized carbons (Fsp3) is 0.429. The highest BCUT2D eigenvalue weighted by Crippen LogP contribution is 2.22. The van der Waals surface area contributed by atoms with Gasteiger partial charge in [-0.15, -0.1) is 0 Å². The molecule has 6 heteroatoms. The maximum Gasteiger partial charge on any atom is 0.150 e. The second kappa shape index (κ2) is 5.01. The Bertz CT molecular complexity index is 749. The third-order valence-electron chi connectivity index (χ3n) is 3.80. The van der Waals surface area contributed by atoms with Crippen molar-refractivity contribution in [2.75, 3.05) is 11.5 Å². The van der Waals surface area contributed by atoms with Crippen molar-refractivity contribution in [3.63, 3.8) is 0 Å². The molecule has 3 rings (SSSR count). The Labute approximate surface area is 117 Å². The summed E-state index contributed by atoms with van der Waals surface area (Å²) in [4.78, 5) is 15.1. The third-order valence-corrected chi connectivity index (χ3v) is 5.69. The van der Waals surface area contributed by atoms with E-state index in [9.17, 15) is 13.2 Å². The first-order valence-corrected chi connectivity index (χ1v) is 8.51. The van der Waals surface area contributed by atoms with Crippen molar-refractivity contribution in [1.82, 2.24) is 9.38 Å². The van der Waals surface area contributed by atoms with Crippen molar-refractivity contribution in [2.24, 2.45) is 5.92 Å². The van der Waals surface area contributed by atoms with E-state index in [4.69, 9.17) is 0 Å². The van der Waals surface area contributed by atoms with Gasteiger partial charge in [0.15, 0.2) is 9.84 Å². The maximum atomic E-state index is 11.7. The lowest BCUT2D eigenvalue weighted by atomic mass is 10.0. The Morgan fingerprint density at radius 1 is 1.45 bits per heavy atom. The predicted octanol–water partition coefficient (Wildman–Crippen LogP) is 1.51. The second-order valence-corrected chi connectivity index (χ2v) is 7.60. The number of carbonyl (C=O) groups excluding carboxylic acids is 1. The molecular weight excluding hydrogens is 276 g/mol. The van der Waals surface area contributed by atoms with Gasteiger partial charge in [0.2, 0.25) is 0 Å². The first-order chi connectivity index (χ1) is 9.57. The van der Waals surface area contributed by atoms with Crippen molar-refractivity contribution < 1.29 is 13.2 Å². The first kappa shape index (κ1) is 13.3. The summed E-state index contributed by atoms with van der Waals surface area (Å²) in [6.45, 7) is 0. The summed E-state index contributed by atoms with van der Waals surface area (Å²) in [5, 5.41) is 0. The van der Waals surface area contributed by atoms with Crippen LogP contribution in [0.25, 0.3) is 5.52 Å². The minimum atomic E-state index is -2.88. The normalized spacial score (nSPS) is 21.9. The average molecular weight is 292 g/mol. The largest absolute Gasteiger partial charge is 0.304 e. The molecular formula is C14H16N2O3S. The molecule has 106 valence electrons. The molecule has 1 atom stereocenters.